The number of nitrogens with one attached hydrogen (secondary N) is 1. The van der Waals surface area contributed by atoms with Gasteiger partial charge in [-0.1, -0.05) is 0 Å². The highest BCUT2D eigenvalue weighted by molar-refractivity contribution is 5.72. The monoisotopic (exact) mass is 327 g/mol. The zero-order valence-corrected chi connectivity index (χ0v) is 14.6. The molecule has 128 valence electrons. The molecule has 0 radical (unpaired) electrons. The summed E-state index contributed by atoms with van der Waals surface area (Å²) in [5, 5.41) is 7.17. The van der Waals surface area contributed by atoms with Crippen LogP contribution in [0.4, 0.5) is 0 Å². The van der Waals surface area contributed by atoms with E-state index in [1.165, 1.54) is 30.2 Å². The van der Waals surface area contributed by atoms with Gasteiger partial charge >= 0.3 is 0 Å². The largest absolute Gasteiger partial charge is 0.351 e. The van der Waals surface area contributed by atoms with Crippen molar-refractivity contribution in [1.82, 2.24) is 25.0 Å². The van der Waals surface area contributed by atoms with Gasteiger partial charge in [0.25, 0.3) is 0 Å². The second-order valence-electron chi connectivity index (χ2n) is 6.50. The number of hydrogen-bond donors (Lipinski definition) is 1. The van der Waals surface area contributed by atoms with E-state index in [9.17, 15) is 4.79 Å². The Balaban J connectivity index is 1.74. The summed E-state index contributed by atoms with van der Waals surface area (Å²) in [5.74, 6) is -0.0308. The van der Waals surface area contributed by atoms with E-state index in [4.69, 9.17) is 0 Å². The number of aryl methyl sites for hydroxylation is 1. The first-order chi connectivity index (χ1) is 11.5. The van der Waals surface area contributed by atoms with Crippen LogP contribution >= 0.6 is 0 Å². The molecule has 24 heavy (non-hydrogen) atoms. The van der Waals surface area contributed by atoms with Gasteiger partial charge in [0.2, 0.25) is 5.91 Å². The number of hydrogen-bond acceptors (Lipinski definition) is 4. The van der Waals surface area contributed by atoms with E-state index in [0.29, 0.717) is 12.6 Å². The first-order valence-corrected chi connectivity index (χ1v) is 8.45. The van der Waals surface area contributed by atoms with E-state index in [-0.39, 0.29) is 5.91 Å². The first-order valence-electron chi connectivity index (χ1n) is 8.45. The standard InChI is InChI=1S/C18H25N5O/c1-13-16(10-21-22(13)3)12-23-8-4-5-18(23)15-6-7-19-17(9-15)11-20-14(2)24/h6-7,9-10,18H,4-5,8,11-12H2,1-3H3,(H,20,24)/t18-/m0/s1. The Bertz CT molecular complexity index is 724. The highest BCUT2D eigenvalue weighted by atomic mass is 16.1. The average molecular weight is 327 g/mol. The average Bonchev–Trinajstić information content (AvgIpc) is 3.15. The topological polar surface area (TPSA) is 63.1 Å². The number of likely N-dealkylation sites (tertiary alicyclic amines) is 1. The van der Waals surface area contributed by atoms with Gasteiger partial charge in [-0.2, -0.15) is 5.10 Å². The van der Waals surface area contributed by atoms with Crippen LogP contribution in [-0.2, 0) is 24.9 Å². The molecule has 1 N–H and O–H groups in total. The van der Waals surface area contributed by atoms with Gasteiger partial charge in [-0.05, 0) is 44.0 Å². The fraction of sp³-hybridized carbons (Fsp3) is 0.500. The lowest BCUT2D eigenvalue weighted by atomic mass is 10.0. The minimum Gasteiger partial charge on any atom is -0.351 e. The van der Waals surface area contributed by atoms with Crippen molar-refractivity contribution in [1.29, 1.82) is 0 Å². The van der Waals surface area contributed by atoms with Crippen molar-refractivity contribution >= 4 is 5.91 Å². The molecule has 6 heteroatoms. The van der Waals surface area contributed by atoms with E-state index >= 15 is 0 Å². The van der Waals surface area contributed by atoms with Crippen molar-refractivity contribution in [2.45, 2.75) is 45.8 Å². The molecule has 1 atom stereocenters. The molecule has 0 unspecified atom stereocenters. The third-order valence-corrected chi connectivity index (χ3v) is 4.82. The van der Waals surface area contributed by atoms with Crippen LogP contribution in [0.25, 0.3) is 0 Å². The summed E-state index contributed by atoms with van der Waals surface area (Å²) in [6, 6.07) is 4.62. The normalized spacial score (nSPS) is 18.0. The number of amides is 1. The van der Waals surface area contributed by atoms with Crippen molar-refractivity contribution in [3.8, 4) is 0 Å². The van der Waals surface area contributed by atoms with E-state index in [2.05, 4.69) is 39.4 Å². The fourth-order valence-corrected chi connectivity index (χ4v) is 3.33. The summed E-state index contributed by atoms with van der Waals surface area (Å²) in [5.41, 5.74) is 4.70. The zero-order valence-electron chi connectivity index (χ0n) is 14.6. The number of aromatic nitrogens is 3. The van der Waals surface area contributed by atoms with Crippen LogP contribution in [-0.4, -0.2) is 32.1 Å². The lowest BCUT2D eigenvalue weighted by molar-refractivity contribution is -0.119. The van der Waals surface area contributed by atoms with Crippen LogP contribution in [0.15, 0.2) is 24.5 Å². The first kappa shape index (κ1) is 16.6. The number of pyridine rings is 1. The molecule has 3 rings (SSSR count). The Morgan fingerprint density at radius 3 is 3.00 bits per heavy atom. The predicted molar refractivity (Wildman–Crippen MR) is 92.1 cm³/mol. The van der Waals surface area contributed by atoms with Crippen molar-refractivity contribution in [2.75, 3.05) is 6.54 Å². The zero-order chi connectivity index (χ0) is 17.1. The van der Waals surface area contributed by atoms with E-state index in [0.717, 1.165) is 25.2 Å². The van der Waals surface area contributed by atoms with Gasteiger partial charge in [-0.25, -0.2) is 0 Å². The molecule has 1 aliphatic heterocycles. The number of carbonyl (C=O) groups is 1. The van der Waals surface area contributed by atoms with Gasteiger partial charge in [0, 0.05) is 44.0 Å². The summed E-state index contributed by atoms with van der Waals surface area (Å²) in [7, 11) is 1.98. The number of nitrogens with zero attached hydrogens (tertiary/aromatic N) is 4. The van der Waals surface area contributed by atoms with Gasteiger partial charge in [0.05, 0.1) is 18.4 Å². The Morgan fingerprint density at radius 2 is 2.29 bits per heavy atom. The molecule has 1 amide bonds. The van der Waals surface area contributed by atoms with Gasteiger partial charge in [0.1, 0.15) is 0 Å². The van der Waals surface area contributed by atoms with Crippen molar-refractivity contribution in [3.63, 3.8) is 0 Å². The van der Waals surface area contributed by atoms with Gasteiger partial charge in [-0.3, -0.25) is 19.4 Å². The molecule has 1 aliphatic rings. The minimum absolute atomic E-state index is 0.0308. The van der Waals surface area contributed by atoms with E-state index in [1.807, 2.05) is 24.1 Å². The lowest BCUT2D eigenvalue weighted by Gasteiger charge is -2.25. The van der Waals surface area contributed by atoms with Gasteiger partial charge < -0.3 is 5.32 Å². The van der Waals surface area contributed by atoms with Crippen molar-refractivity contribution < 1.29 is 4.79 Å². The number of carbonyl (C=O) groups excluding carboxylic acids is 1. The van der Waals surface area contributed by atoms with Crippen molar-refractivity contribution in [3.05, 3.63) is 47.0 Å². The maximum atomic E-state index is 11.1. The molecule has 2 aromatic rings. The second kappa shape index (κ2) is 7.13. The highest BCUT2D eigenvalue weighted by Gasteiger charge is 2.27. The van der Waals surface area contributed by atoms with Gasteiger partial charge in [0.15, 0.2) is 0 Å². The van der Waals surface area contributed by atoms with Crippen molar-refractivity contribution in [2.24, 2.45) is 7.05 Å². The molecule has 2 aromatic heterocycles. The maximum absolute atomic E-state index is 11.1. The van der Waals surface area contributed by atoms with Crippen LogP contribution in [0.2, 0.25) is 0 Å². The molecule has 0 saturated carbocycles. The summed E-state index contributed by atoms with van der Waals surface area (Å²) >= 11 is 0. The lowest BCUT2D eigenvalue weighted by Crippen LogP contribution is -2.24. The number of rotatable bonds is 5. The summed E-state index contributed by atoms with van der Waals surface area (Å²) < 4.78 is 1.93. The Labute approximate surface area is 142 Å². The van der Waals surface area contributed by atoms with E-state index < -0.39 is 0 Å². The summed E-state index contributed by atoms with van der Waals surface area (Å²) in [4.78, 5) is 18.0. The quantitative estimate of drug-likeness (QED) is 0.913. The van der Waals surface area contributed by atoms with Gasteiger partial charge in [-0.15, -0.1) is 0 Å². The minimum atomic E-state index is -0.0308. The smallest absolute Gasteiger partial charge is 0.217 e. The molecule has 0 aromatic carbocycles. The third-order valence-electron chi connectivity index (χ3n) is 4.82. The Hall–Kier alpha value is -2.21. The molecule has 3 heterocycles. The molecular formula is C18H25N5O. The molecule has 0 aliphatic carbocycles. The molecule has 1 saturated heterocycles. The Kier molecular flexibility index (Phi) is 4.94. The van der Waals surface area contributed by atoms with Crippen LogP contribution in [0.3, 0.4) is 0 Å². The SMILES string of the molecule is CC(=O)NCc1cc([C@@H]2CCCN2Cc2cnn(C)c2C)ccn1. The molecular weight excluding hydrogens is 302 g/mol. The van der Waals surface area contributed by atoms with Crippen LogP contribution < -0.4 is 5.32 Å². The molecule has 6 nitrogen and oxygen atoms in total. The summed E-state index contributed by atoms with van der Waals surface area (Å²) in [6.07, 6.45) is 6.17. The molecule has 0 spiro atoms. The van der Waals surface area contributed by atoms with Crippen LogP contribution in [0.1, 0.15) is 48.3 Å². The maximum Gasteiger partial charge on any atom is 0.217 e. The Morgan fingerprint density at radius 1 is 1.46 bits per heavy atom. The second-order valence-corrected chi connectivity index (χ2v) is 6.50. The third kappa shape index (κ3) is 3.64. The van der Waals surface area contributed by atoms with Crippen LogP contribution in [0, 0.1) is 6.92 Å². The highest BCUT2D eigenvalue weighted by Crippen LogP contribution is 2.33. The van der Waals surface area contributed by atoms with E-state index in [1.54, 1.807) is 0 Å². The molecule has 1 fully saturated rings. The fourth-order valence-electron chi connectivity index (χ4n) is 3.33. The van der Waals surface area contributed by atoms with Crippen LogP contribution in [0.5, 0.6) is 0 Å². The predicted octanol–water partition coefficient (Wildman–Crippen LogP) is 2.10. The summed E-state index contributed by atoms with van der Waals surface area (Å²) in [6.45, 7) is 6.15. The molecule has 0 bridgehead atoms.